The van der Waals surface area contributed by atoms with Crippen molar-refractivity contribution in [2.75, 3.05) is 18.1 Å². The quantitative estimate of drug-likeness (QED) is 0.594. The maximum atomic E-state index is 13.9. The van der Waals surface area contributed by atoms with Gasteiger partial charge in [-0.15, -0.1) is 0 Å². The molecule has 124 valence electrons. The molecule has 0 atom stereocenters. The maximum Gasteiger partial charge on any atom is 0.341 e. The lowest BCUT2D eigenvalue weighted by Gasteiger charge is -2.07. The Balaban J connectivity index is 2.27. The molecule has 23 heavy (non-hydrogen) atoms. The molecule has 2 rings (SSSR count). The van der Waals surface area contributed by atoms with E-state index >= 15 is 0 Å². The van der Waals surface area contributed by atoms with Crippen LogP contribution in [0.5, 0.6) is 0 Å². The number of benzene rings is 1. The van der Waals surface area contributed by atoms with E-state index < -0.39 is 17.6 Å². The first-order valence-corrected chi connectivity index (χ1v) is 8.37. The first-order valence-electron chi connectivity index (χ1n) is 7.22. The minimum Gasteiger partial charge on any atom is -0.461 e. The van der Waals surface area contributed by atoms with Crippen LogP contribution >= 0.6 is 11.8 Å². The number of aryl methyl sites for hydroxylation is 1. The fourth-order valence-electron chi connectivity index (χ4n) is 2.24. The first kappa shape index (κ1) is 17.5. The van der Waals surface area contributed by atoms with Crippen molar-refractivity contribution in [2.45, 2.75) is 20.8 Å². The highest BCUT2D eigenvalue weighted by molar-refractivity contribution is 7.99. The Morgan fingerprint density at radius 1 is 1.35 bits per heavy atom. The third-order valence-electron chi connectivity index (χ3n) is 3.30. The molecule has 0 spiro atoms. The second-order valence-corrected chi connectivity index (χ2v) is 6.28. The van der Waals surface area contributed by atoms with E-state index in [9.17, 15) is 13.6 Å². The smallest absolute Gasteiger partial charge is 0.341 e. The molecule has 1 heterocycles. The summed E-state index contributed by atoms with van der Waals surface area (Å²) in [5, 5.41) is 4.18. The van der Waals surface area contributed by atoms with Crippen molar-refractivity contribution in [3.05, 3.63) is 46.8 Å². The molecule has 0 N–H and O–H groups in total. The van der Waals surface area contributed by atoms with Crippen molar-refractivity contribution in [3.63, 3.8) is 0 Å². The van der Waals surface area contributed by atoms with Gasteiger partial charge in [-0.2, -0.15) is 16.9 Å². The molecule has 0 amide bonds. The molecule has 0 unspecified atom stereocenters. The lowest BCUT2D eigenvalue weighted by molar-refractivity contribution is 0.0528. The fraction of sp³-hybridized carbons (Fsp3) is 0.375. The van der Waals surface area contributed by atoms with Gasteiger partial charge in [0.1, 0.15) is 23.7 Å². The third-order valence-corrected chi connectivity index (χ3v) is 4.16. The van der Waals surface area contributed by atoms with Gasteiger partial charge in [0.15, 0.2) is 5.82 Å². The van der Waals surface area contributed by atoms with Gasteiger partial charge in [-0.05, 0) is 31.7 Å². The van der Waals surface area contributed by atoms with Crippen molar-refractivity contribution in [1.82, 2.24) is 9.78 Å². The molecular formula is C16H18F2N2O2S. The molecule has 1 aromatic heterocycles. The van der Waals surface area contributed by atoms with E-state index in [2.05, 4.69) is 5.10 Å². The zero-order valence-electron chi connectivity index (χ0n) is 13.2. The van der Waals surface area contributed by atoms with Crippen molar-refractivity contribution < 1.29 is 18.3 Å². The van der Waals surface area contributed by atoms with Crippen LogP contribution < -0.4 is 0 Å². The molecule has 0 bridgehead atoms. The second-order valence-electron chi connectivity index (χ2n) is 4.89. The Bertz CT molecular complexity index is 716. The fourth-order valence-corrected chi connectivity index (χ4v) is 2.73. The highest BCUT2D eigenvalue weighted by Gasteiger charge is 2.22. The summed E-state index contributed by atoms with van der Waals surface area (Å²) in [6.45, 7) is 5.65. The number of carbonyl (C=O) groups is 1. The topological polar surface area (TPSA) is 44.1 Å². The molecule has 0 fully saturated rings. The summed E-state index contributed by atoms with van der Waals surface area (Å²) in [5.74, 6) is -0.209. The first-order chi connectivity index (χ1) is 11.0. The molecule has 0 saturated heterocycles. The SMILES string of the molecule is CCSCCOC(=O)c1c(C)nn(-c2ccc(F)cc2F)c1C. The monoisotopic (exact) mass is 340 g/mol. The highest BCUT2D eigenvalue weighted by atomic mass is 32.2. The van der Waals surface area contributed by atoms with Gasteiger partial charge in [-0.25, -0.2) is 18.3 Å². The minimum absolute atomic E-state index is 0.0904. The molecule has 0 aliphatic heterocycles. The normalized spacial score (nSPS) is 10.8. The predicted octanol–water partition coefficient (Wildman–Crippen LogP) is 3.68. The number of nitrogens with zero attached hydrogens (tertiary/aromatic N) is 2. The number of carbonyl (C=O) groups excluding carboxylic acids is 1. The van der Waals surface area contributed by atoms with E-state index in [1.54, 1.807) is 25.6 Å². The predicted molar refractivity (Wildman–Crippen MR) is 86.2 cm³/mol. The van der Waals surface area contributed by atoms with Crippen LogP contribution in [-0.4, -0.2) is 33.9 Å². The molecule has 0 saturated carbocycles. The number of esters is 1. The average Bonchev–Trinajstić information content (AvgIpc) is 2.78. The minimum atomic E-state index is -0.741. The van der Waals surface area contributed by atoms with Crippen molar-refractivity contribution in [1.29, 1.82) is 0 Å². The molecule has 0 radical (unpaired) electrons. The molecule has 7 heteroatoms. The average molecular weight is 340 g/mol. The van der Waals surface area contributed by atoms with Crippen LogP contribution in [0.15, 0.2) is 18.2 Å². The Morgan fingerprint density at radius 2 is 2.09 bits per heavy atom. The van der Waals surface area contributed by atoms with Gasteiger partial charge in [-0.3, -0.25) is 0 Å². The summed E-state index contributed by atoms with van der Waals surface area (Å²) in [7, 11) is 0. The zero-order chi connectivity index (χ0) is 17.0. The van der Waals surface area contributed by atoms with Crippen LogP contribution in [0.25, 0.3) is 5.69 Å². The van der Waals surface area contributed by atoms with Gasteiger partial charge in [0, 0.05) is 11.8 Å². The summed E-state index contributed by atoms with van der Waals surface area (Å²) in [6, 6.07) is 3.22. The third kappa shape index (κ3) is 3.90. The molecule has 4 nitrogen and oxygen atoms in total. The Labute approximate surface area is 137 Å². The van der Waals surface area contributed by atoms with Gasteiger partial charge in [0.05, 0.1) is 11.4 Å². The van der Waals surface area contributed by atoms with Gasteiger partial charge in [0.25, 0.3) is 0 Å². The van der Waals surface area contributed by atoms with Crippen LogP contribution in [0.2, 0.25) is 0 Å². The second kappa shape index (κ2) is 7.59. The van der Waals surface area contributed by atoms with Gasteiger partial charge in [-0.1, -0.05) is 6.92 Å². The van der Waals surface area contributed by atoms with Crippen molar-refractivity contribution >= 4 is 17.7 Å². The number of rotatable bonds is 6. The number of hydrogen-bond donors (Lipinski definition) is 0. The molecule has 1 aromatic carbocycles. The Morgan fingerprint density at radius 3 is 2.74 bits per heavy atom. The van der Waals surface area contributed by atoms with Crippen molar-refractivity contribution in [2.24, 2.45) is 0 Å². The standard InChI is InChI=1S/C16H18F2N2O2S/c1-4-23-8-7-22-16(21)15-10(2)19-20(11(15)3)14-6-5-12(17)9-13(14)18/h5-6,9H,4,7-8H2,1-3H3. The van der Waals surface area contributed by atoms with E-state index in [0.29, 0.717) is 23.6 Å². The van der Waals surface area contributed by atoms with Gasteiger partial charge < -0.3 is 4.74 Å². The van der Waals surface area contributed by atoms with E-state index in [1.807, 2.05) is 6.92 Å². The molecule has 0 aliphatic carbocycles. The summed E-state index contributed by atoms with van der Waals surface area (Å²) in [6.07, 6.45) is 0. The summed E-state index contributed by atoms with van der Waals surface area (Å²) in [5.41, 5.74) is 1.31. The van der Waals surface area contributed by atoms with Crippen LogP contribution in [-0.2, 0) is 4.74 Å². The lowest BCUT2D eigenvalue weighted by atomic mass is 10.2. The zero-order valence-corrected chi connectivity index (χ0v) is 14.0. The summed E-state index contributed by atoms with van der Waals surface area (Å²) in [4.78, 5) is 12.2. The van der Waals surface area contributed by atoms with Gasteiger partial charge >= 0.3 is 5.97 Å². The van der Waals surface area contributed by atoms with Gasteiger partial charge in [0.2, 0.25) is 0 Å². The number of hydrogen-bond acceptors (Lipinski definition) is 4. The summed E-state index contributed by atoms with van der Waals surface area (Å²) < 4.78 is 33.5. The molecular weight excluding hydrogens is 322 g/mol. The van der Waals surface area contributed by atoms with Crippen molar-refractivity contribution in [3.8, 4) is 5.69 Å². The number of halogens is 2. The number of thioether (sulfide) groups is 1. The summed E-state index contributed by atoms with van der Waals surface area (Å²) >= 11 is 1.68. The molecule has 2 aromatic rings. The van der Waals surface area contributed by atoms with E-state index in [1.165, 1.54) is 10.7 Å². The van der Waals surface area contributed by atoms with Crippen LogP contribution in [0, 0.1) is 25.5 Å². The number of aromatic nitrogens is 2. The Hall–Kier alpha value is -1.89. The number of ether oxygens (including phenoxy) is 1. The maximum absolute atomic E-state index is 13.9. The van der Waals surface area contributed by atoms with Crippen LogP contribution in [0.3, 0.4) is 0 Å². The van der Waals surface area contributed by atoms with Crippen LogP contribution in [0.1, 0.15) is 28.7 Å². The lowest BCUT2D eigenvalue weighted by Crippen LogP contribution is -2.10. The largest absolute Gasteiger partial charge is 0.461 e. The highest BCUT2D eigenvalue weighted by Crippen LogP contribution is 2.21. The molecule has 0 aliphatic rings. The Kier molecular flexibility index (Phi) is 5.76. The van der Waals surface area contributed by atoms with E-state index in [4.69, 9.17) is 4.74 Å². The van der Waals surface area contributed by atoms with E-state index in [0.717, 1.165) is 23.6 Å². The van der Waals surface area contributed by atoms with Crippen LogP contribution in [0.4, 0.5) is 8.78 Å². The van der Waals surface area contributed by atoms with E-state index in [-0.39, 0.29) is 5.69 Å².